The maximum atomic E-state index is 12.5. The van der Waals surface area contributed by atoms with E-state index in [0.29, 0.717) is 5.56 Å². The van der Waals surface area contributed by atoms with Crippen molar-refractivity contribution < 1.29 is 18.7 Å². The first-order valence-electron chi connectivity index (χ1n) is 4.07. The Morgan fingerprint density at radius 2 is 2.20 bits per heavy atom. The van der Waals surface area contributed by atoms with E-state index in [1.165, 1.54) is 6.20 Å². The zero-order chi connectivity index (χ0) is 11.4. The number of nitrogens with zero attached hydrogens (tertiary/aromatic N) is 1. The van der Waals surface area contributed by atoms with Crippen LogP contribution in [0.3, 0.4) is 0 Å². The van der Waals surface area contributed by atoms with Crippen LogP contribution in [0, 0.1) is 0 Å². The van der Waals surface area contributed by atoms with Crippen LogP contribution in [-0.4, -0.2) is 16.1 Å². The summed E-state index contributed by atoms with van der Waals surface area (Å²) >= 11 is 5.51. The quantitative estimate of drug-likeness (QED) is 0.816. The van der Waals surface area contributed by atoms with Crippen molar-refractivity contribution in [2.24, 2.45) is 0 Å². The van der Waals surface area contributed by atoms with E-state index in [-0.39, 0.29) is 17.0 Å². The maximum Gasteiger partial charge on any atom is 0.307 e. The van der Waals surface area contributed by atoms with Gasteiger partial charge >= 0.3 is 5.97 Å². The lowest BCUT2D eigenvalue weighted by Crippen LogP contribution is -2.07. The van der Waals surface area contributed by atoms with Crippen molar-refractivity contribution in [3.63, 3.8) is 0 Å². The number of carbonyl (C=O) groups is 1. The minimum atomic E-state index is -2.74. The molecule has 0 spiro atoms. The number of halogens is 3. The van der Waals surface area contributed by atoms with Gasteiger partial charge in [0, 0.05) is 23.8 Å². The Morgan fingerprint density at radius 3 is 2.67 bits per heavy atom. The highest BCUT2D eigenvalue weighted by Crippen LogP contribution is 2.25. The zero-order valence-electron chi connectivity index (χ0n) is 7.58. The molecule has 0 aliphatic heterocycles. The van der Waals surface area contributed by atoms with Crippen LogP contribution < -0.4 is 0 Å². The van der Waals surface area contributed by atoms with Crippen LogP contribution in [0.25, 0.3) is 0 Å². The first-order valence-corrected chi connectivity index (χ1v) is 4.61. The molecule has 0 radical (unpaired) electrons. The van der Waals surface area contributed by atoms with Crippen LogP contribution in [0.5, 0.6) is 0 Å². The highest BCUT2D eigenvalue weighted by atomic mass is 35.5. The van der Waals surface area contributed by atoms with Crippen molar-refractivity contribution in [1.82, 2.24) is 4.98 Å². The number of carboxylic acids is 1. The number of hydrogen-bond acceptors (Lipinski definition) is 2. The van der Waals surface area contributed by atoms with Gasteiger partial charge in [-0.25, -0.2) is 8.78 Å². The molecule has 0 saturated heterocycles. The second-order valence-corrected chi connectivity index (χ2v) is 3.14. The van der Waals surface area contributed by atoms with Crippen LogP contribution in [0.2, 0.25) is 0 Å². The van der Waals surface area contributed by atoms with Crippen LogP contribution in [0.15, 0.2) is 12.4 Å². The predicted octanol–water partition coefficient (Wildman–Crippen LogP) is 2.39. The monoisotopic (exact) mass is 235 g/mol. The van der Waals surface area contributed by atoms with Gasteiger partial charge in [-0.05, 0) is 11.1 Å². The van der Waals surface area contributed by atoms with Crippen LogP contribution in [0.4, 0.5) is 8.78 Å². The molecule has 0 aliphatic carbocycles. The molecule has 1 heterocycles. The summed E-state index contributed by atoms with van der Waals surface area (Å²) in [5.41, 5.74) is 0.0231. The van der Waals surface area contributed by atoms with E-state index >= 15 is 0 Å². The smallest absolute Gasteiger partial charge is 0.307 e. The molecule has 0 fully saturated rings. The number of carboxylic acid groups (broad SMARTS) is 1. The summed E-state index contributed by atoms with van der Waals surface area (Å²) in [7, 11) is 0. The average Bonchev–Trinajstić information content (AvgIpc) is 2.16. The van der Waals surface area contributed by atoms with E-state index in [9.17, 15) is 13.6 Å². The van der Waals surface area contributed by atoms with E-state index in [4.69, 9.17) is 16.7 Å². The summed E-state index contributed by atoms with van der Waals surface area (Å²) in [6.07, 6.45) is -0.935. The summed E-state index contributed by atoms with van der Waals surface area (Å²) < 4.78 is 25.0. The van der Waals surface area contributed by atoms with Gasteiger partial charge < -0.3 is 5.11 Å². The molecule has 3 nitrogen and oxygen atoms in total. The Hall–Kier alpha value is -1.23. The van der Waals surface area contributed by atoms with Gasteiger partial charge in [0.25, 0.3) is 6.43 Å². The largest absolute Gasteiger partial charge is 0.481 e. The Labute approximate surface area is 89.7 Å². The average molecular weight is 236 g/mol. The van der Waals surface area contributed by atoms with E-state index in [0.717, 1.165) is 6.20 Å². The Morgan fingerprint density at radius 1 is 1.53 bits per heavy atom. The summed E-state index contributed by atoms with van der Waals surface area (Å²) in [6.45, 7) is 0. The Balaban J connectivity index is 3.20. The summed E-state index contributed by atoms with van der Waals surface area (Å²) in [6, 6.07) is 0. The molecule has 82 valence electrons. The van der Waals surface area contributed by atoms with Gasteiger partial charge in [0.1, 0.15) is 0 Å². The Kier molecular flexibility index (Phi) is 3.96. The van der Waals surface area contributed by atoms with Crippen LogP contribution in [0.1, 0.15) is 23.1 Å². The highest BCUT2D eigenvalue weighted by Gasteiger charge is 2.18. The summed E-state index contributed by atoms with van der Waals surface area (Å²) in [5, 5.41) is 8.58. The van der Waals surface area contributed by atoms with Crippen molar-refractivity contribution in [3.8, 4) is 0 Å². The predicted molar refractivity (Wildman–Crippen MR) is 50.1 cm³/mol. The maximum absolute atomic E-state index is 12.5. The van der Waals surface area contributed by atoms with Crippen molar-refractivity contribution in [2.75, 3.05) is 0 Å². The molecule has 1 aromatic rings. The van der Waals surface area contributed by atoms with Crippen molar-refractivity contribution in [3.05, 3.63) is 29.1 Å². The third-order valence-electron chi connectivity index (χ3n) is 1.89. The Bertz CT molecular complexity index is 371. The molecule has 0 atom stereocenters. The van der Waals surface area contributed by atoms with Gasteiger partial charge in [0.15, 0.2) is 0 Å². The van der Waals surface area contributed by atoms with Crippen LogP contribution in [-0.2, 0) is 17.1 Å². The second-order valence-electron chi connectivity index (χ2n) is 2.87. The number of aromatic nitrogens is 1. The fourth-order valence-corrected chi connectivity index (χ4v) is 1.45. The van der Waals surface area contributed by atoms with Gasteiger partial charge in [-0.1, -0.05) is 0 Å². The van der Waals surface area contributed by atoms with E-state index in [1.807, 2.05) is 0 Å². The lowest BCUT2D eigenvalue weighted by Gasteiger charge is -2.09. The molecule has 0 bridgehead atoms. The third kappa shape index (κ3) is 2.86. The van der Waals surface area contributed by atoms with Crippen LogP contribution >= 0.6 is 11.6 Å². The van der Waals surface area contributed by atoms with E-state index in [2.05, 4.69) is 4.98 Å². The first-order chi connectivity index (χ1) is 7.06. The highest BCUT2D eigenvalue weighted by molar-refractivity contribution is 6.17. The van der Waals surface area contributed by atoms with Crippen molar-refractivity contribution >= 4 is 17.6 Å². The number of alkyl halides is 3. The topological polar surface area (TPSA) is 50.2 Å². The van der Waals surface area contributed by atoms with Gasteiger partial charge in [0.2, 0.25) is 0 Å². The molecule has 1 aromatic heterocycles. The lowest BCUT2D eigenvalue weighted by molar-refractivity contribution is -0.136. The molecule has 0 aliphatic rings. The number of rotatable bonds is 4. The zero-order valence-corrected chi connectivity index (χ0v) is 8.34. The van der Waals surface area contributed by atoms with Gasteiger partial charge in [-0.3, -0.25) is 9.78 Å². The third-order valence-corrected chi connectivity index (χ3v) is 2.18. The SMILES string of the molecule is O=C(O)Cc1c(CCl)cncc1C(F)F. The van der Waals surface area contributed by atoms with E-state index < -0.39 is 18.8 Å². The van der Waals surface area contributed by atoms with E-state index in [1.54, 1.807) is 0 Å². The normalized spacial score (nSPS) is 10.7. The molecule has 1 N–H and O–H groups in total. The van der Waals surface area contributed by atoms with Crippen molar-refractivity contribution in [1.29, 1.82) is 0 Å². The van der Waals surface area contributed by atoms with Gasteiger partial charge in [-0.2, -0.15) is 0 Å². The van der Waals surface area contributed by atoms with Crippen molar-refractivity contribution in [2.45, 2.75) is 18.7 Å². The fourth-order valence-electron chi connectivity index (χ4n) is 1.22. The minimum Gasteiger partial charge on any atom is -0.481 e. The first kappa shape index (κ1) is 11.8. The standard InChI is InChI=1S/C9H8ClF2NO2/c10-2-5-3-13-4-7(9(11)12)6(5)1-8(14)15/h3-4,9H,1-2H2,(H,14,15). The molecular weight excluding hydrogens is 228 g/mol. The molecule has 0 aromatic carbocycles. The van der Waals surface area contributed by atoms with Gasteiger partial charge in [-0.15, -0.1) is 11.6 Å². The molecule has 0 saturated carbocycles. The summed E-state index contributed by atoms with van der Waals surface area (Å²) in [4.78, 5) is 14.1. The number of pyridine rings is 1. The number of hydrogen-bond donors (Lipinski definition) is 1. The minimum absolute atomic E-state index is 0.0316. The molecule has 0 amide bonds. The molecule has 1 rings (SSSR count). The second kappa shape index (κ2) is 5.02. The lowest BCUT2D eigenvalue weighted by atomic mass is 10.0. The molecule has 0 unspecified atom stereocenters. The molecule has 6 heteroatoms. The molecular formula is C9H8ClF2NO2. The molecule has 15 heavy (non-hydrogen) atoms. The van der Waals surface area contributed by atoms with Gasteiger partial charge in [0.05, 0.1) is 6.42 Å². The number of aliphatic carboxylic acids is 1. The fraction of sp³-hybridized carbons (Fsp3) is 0.333. The summed E-state index contributed by atoms with van der Waals surface area (Å²) in [5.74, 6) is -1.20.